The summed E-state index contributed by atoms with van der Waals surface area (Å²) < 4.78 is 30.6. The second-order valence-electron chi connectivity index (χ2n) is 5.67. The second-order valence-corrected chi connectivity index (χ2v) is 7.89. The maximum Gasteiger partial charge on any atom is 0.260 e. The van der Waals surface area contributed by atoms with Crippen LogP contribution in [-0.2, 0) is 9.84 Å². The van der Waals surface area contributed by atoms with Crippen LogP contribution in [0.25, 0.3) is 17.1 Å². The molecule has 1 aromatic carbocycles. The Labute approximate surface area is 133 Å². The highest BCUT2D eigenvalue weighted by Crippen LogP contribution is 2.30. The largest absolute Gasteiger partial charge is 0.334 e. The quantitative estimate of drug-likeness (QED) is 0.737. The Bertz CT molecular complexity index is 929. The molecule has 6 nitrogen and oxygen atoms in total. The molecule has 1 saturated heterocycles. The minimum atomic E-state index is -2.97. The predicted molar refractivity (Wildman–Crippen MR) is 85.1 cm³/mol. The zero-order chi connectivity index (χ0) is 15.9. The Kier molecular flexibility index (Phi) is 3.30. The fourth-order valence-corrected chi connectivity index (χ4v) is 4.62. The molecule has 0 bridgehead atoms. The Morgan fingerprint density at radius 3 is 2.65 bits per heavy atom. The predicted octanol–water partition coefficient (Wildman–Crippen LogP) is 2.43. The van der Waals surface area contributed by atoms with Crippen molar-refractivity contribution < 1.29 is 12.9 Å². The SMILES string of the molecule is O=S1(=O)CCC(c2noc(-c3ccccc3-n3cccc3)n2)C1. The summed E-state index contributed by atoms with van der Waals surface area (Å²) in [5.41, 5.74) is 1.76. The second kappa shape index (κ2) is 5.34. The Morgan fingerprint density at radius 1 is 1.13 bits per heavy atom. The third kappa shape index (κ3) is 2.68. The third-order valence-electron chi connectivity index (χ3n) is 4.06. The van der Waals surface area contributed by atoms with Gasteiger partial charge in [0.05, 0.1) is 22.8 Å². The maximum absolute atomic E-state index is 11.6. The first-order chi connectivity index (χ1) is 11.1. The highest BCUT2D eigenvalue weighted by Gasteiger charge is 2.32. The van der Waals surface area contributed by atoms with Crippen LogP contribution in [-0.4, -0.2) is 34.6 Å². The maximum atomic E-state index is 11.6. The smallest absolute Gasteiger partial charge is 0.260 e. The van der Waals surface area contributed by atoms with Crippen molar-refractivity contribution in [3.63, 3.8) is 0 Å². The van der Waals surface area contributed by atoms with E-state index in [0.717, 1.165) is 11.3 Å². The van der Waals surface area contributed by atoms with Gasteiger partial charge in [-0.15, -0.1) is 0 Å². The molecule has 1 atom stereocenters. The van der Waals surface area contributed by atoms with E-state index < -0.39 is 9.84 Å². The molecular weight excluding hydrogens is 314 g/mol. The summed E-state index contributed by atoms with van der Waals surface area (Å²) in [4.78, 5) is 4.44. The average Bonchev–Trinajstić information content (AvgIpc) is 3.27. The third-order valence-corrected chi connectivity index (χ3v) is 5.82. The van der Waals surface area contributed by atoms with E-state index in [4.69, 9.17) is 4.52 Å². The Balaban J connectivity index is 1.71. The highest BCUT2D eigenvalue weighted by molar-refractivity contribution is 7.91. The summed E-state index contributed by atoms with van der Waals surface area (Å²) in [6.45, 7) is 0. The van der Waals surface area contributed by atoms with Gasteiger partial charge in [0.25, 0.3) is 5.89 Å². The number of nitrogens with zero attached hydrogens (tertiary/aromatic N) is 3. The van der Waals surface area contributed by atoms with Gasteiger partial charge in [-0.1, -0.05) is 17.3 Å². The summed E-state index contributed by atoms with van der Waals surface area (Å²) in [5.74, 6) is 1.01. The molecule has 1 aliphatic heterocycles. The van der Waals surface area contributed by atoms with E-state index in [9.17, 15) is 8.42 Å². The fourth-order valence-electron chi connectivity index (χ4n) is 2.88. The zero-order valence-corrected chi connectivity index (χ0v) is 13.1. The van der Waals surface area contributed by atoms with Crippen LogP contribution in [0.5, 0.6) is 0 Å². The van der Waals surface area contributed by atoms with E-state index >= 15 is 0 Å². The average molecular weight is 329 g/mol. The van der Waals surface area contributed by atoms with E-state index in [2.05, 4.69) is 10.1 Å². The molecule has 1 aliphatic rings. The van der Waals surface area contributed by atoms with Crippen molar-refractivity contribution in [2.45, 2.75) is 12.3 Å². The van der Waals surface area contributed by atoms with Gasteiger partial charge in [0.2, 0.25) is 0 Å². The molecule has 0 radical (unpaired) electrons. The molecule has 7 heteroatoms. The fraction of sp³-hybridized carbons (Fsp3) is 0.250. The van der Waals surface area contributed by atoms with Gasteiger partial charge < -0.3 is 9.09 Å². The first kappa shape index (κ1) is 14.2. The minimum Gasteiger partial charge on any atom is -0.334 e. The van der Waals surface area contributed by atoms with Crippen molar-refractivity contribution in [2.24, 2.45) is 0 Å². The van der Waals surface area contributed by atoms with Crippen LogP contribution in [0.3, 0.4) is 0 Å². The number of benzene rings is 1. The van der Waals surface area contributed by atoms with Crippen LogP contribution in [0.4, 0.5) is 0 Å². The summed E-state index contributed by atoms with van der Waals surface area (Å²) >= 11 is 0. The lowest BCUT2D eigenvalue weighted by atomic mass is 10.1. The van der Waals surface area contributed by atoms with Crippen molar-refractivity contribution >= 4 is 9.84 Å². The molecule has 0 spiro atoms. The monoisotopic (exact) mass is 329 g/mol. The van der Waals surface area contributed by atoms with Crippen LogP contribution in [0.1, 0.15) is 18.2 Å². The van der Waals surface area contributed by atoms with E-state index in [0.29, 0.717) is 18.1 Å². The van der Waals surface area contributed by atoms with Gasteiger partial charge in [0, 0.05) is 18.3 Å². The van der Waals surface area contributed by atoms with E-state index in [1.165, 1.54) is 0 Å². The molecule has 0 aliphatic carbocycles. The van der Waals surface area contributed by atoms with Crippen molar-refractivity contribution in [1.82, 2.24) is 14.7 Å². The highest BCUT2D eigenvalue weighted by atomic mass is 32.2. The standard InChI is InChI=1S/C16H15N3O3S/c20-23(21)10-7-12(11-23)15-17-16(22-18-15)13-5-1-2-6-14(13)19-8-3-4-9-19/h1-6,8-9,12H,7,10-11H2. The molecule has 0 N–H and O–H groups in total. The lowest BCUT2D eigenvalue weighted by Crippen LogP contribution is -2.05. The van der Waals surface area contributed by atoms with Gasteiger partial charge in [-0.2, -0.15) is 4.98 Å². The molecule has 1 fully saturated rings. The lowest BCUT2D eigenvalue weighted by molar-refractivity contribution is 0.417. The van der Waals surface area contributed by atoms with Crippen molar-refractivity contribution in [3.05, 3.63) is 54.6 Å². The van der Waals surface area contributed by atoms with Crippen LogP contribution in [0, 0.1) is 0 Å². The molecule has 4 rings (SSSR count). The number of para-hydroxylation sites is 1. The number of sulfone groups is 1. The topological polar surface area (TPSA) is 78.0 Å². The first-order valence-electron chi connectivity index (χ1n) is 7.39. The summed E-state index contributed by atoms with van der Waals surface area (Å²) in [5, 5.41) is 4.00. The van der Waals surface area contributed by atoms with E-state index in [1.807, 2.05) is 53.4 Å². The molecule has 3 aromatic rings. The Morgan fingerprint density at radius 2 is 1.91 bits per heavy atom. The molecule has 0 amide bonds. The van der Waals surface area contributed by atoms with Gasteiger partial charge >= 0.3 is 0 Å². The van der Waals surface area contributed by atoms with Gasteiger partial charge in [-0.3, -0.25) is 0 Å². The van der Waals surface area contributed by atoms with Gasteiger partial charge in [-0.25, -0.2) is 8.42 Å². The molecular formula is C16H15N3O3S. The van der Waals surface area contributed by atoms with Crippen molar-refractivity contribution in [2.75, 3.05) is 11.5 Å². The molecule has 23 heavy (non-hydrogen) atoms. The number of rotatable bonds is 3. The summed E-state index contributed by atoms with van der Waals surface area (Å²) in [6, 6.07) is 11.6. The summed E-state index contributed by atoms with van der Waals surface area (Å²) in [7, 11) is -2.97. The molecule has 118 valence electrons. The summed E-state index contributed by atoms with van der Waals surface area (Å²) in [6.07, 6.45) is 4.44. The molecule has 0 saturated carbocycles. The van der Waals surface area contributed by atoms with Crippen LogP contribution < -0.4 is 0 Å². The number of hydrogen-bond donors (Lipinski definition) is 0. The zero-order valence-electron chi connectivity index (χ0n) is 12.3. The number of hydrogen-bond acceptors (Lipinski definition) is 5. The van der Waals surface area contributed by atoms with Crippen LogP contribution in [0.15, 0.2) is 53.3 Å². The normalized spacial score (nSPS) is 19.9. The Hall–Kier alpha value is -2.41. The van der Waals surface area contributed by atoms with Gasteiger partial charge in [0.1, 0.15) is 0 Å². The molecule has 2 aromatic heterocycles. The van der Waals surface area contributed by atoms with Crippen molar-refractivity contribution in [3.8, 4) is 17.1 Å². The first-order valence-corrected chi connectivity index (χ1v) is 9.21. The van der Waals surface area contributed by atoms with Crippen LogP contribution in [0.2, 0.25) is 0 Å². The van der Waals surface area contributed by atoms with Gasteiger partial charge in [0.15, 0.2) is 15.7 Å². The molecule has 3 heterocycles. The lowest BCUT2D eigenvalue weighted by Gasteiger charge is -2.06. The number of aromatic nitrogens is 3. The van der Waals surface area contributed by atoms with E-state index in [1.54, 1.807) is 0 Å². The van der Waals surface area contributed by atoms with Gasteiger partial charge in [-0.05, 0) is 30.7 Å². The molecule has 1 unspecified atom stereocenters. The minimum absolute atomic E-state index is 0.102. The van der Waals surface area contributed by atoms with Crippen molar-refractivity contribution in [1.29, 1.82) is 0 Å². The van der Waals surface area contributed by atoms with Crippen LogP contribution >= 0.6 is 0 Å². The van der Waals surface area contributed by atoms with E-state index in [-0.39, 0.29) is 17.4 Å².